The van der Waals surface area contributed by atoms with Gasteiger partial charge in [-0.3, -0.25) is 9.59 Å². The number of hydrogen-bond donors (Lipinski definition) is 4. The molecule has 7 heteroatoms. The minimum atomic E-state index is -0.616. The standard InChI is InChI=1S/C19H29N3O4/c23-16-12-20-9-3-7-14(16)21-18(24)15(11-13-5-1-2-6-13)22-19(25)17-8-4-10-26-17/h4,8,10,13-16,20,23H,1-3,5-7,9,11-12H2,(H,21,24)(H,22,25)/t14?,15?,16-/m0/s1. The van der Waals surface area contributed by atoms with Gasteiger partial charge in [-0.25, -0.2) is 0 Å². The average Bonchev–Trinajstić information content (AvgIpc) is 3.30. The van der Waals surface area contributed by atoms with Gasteiger partial charge in [0.05, 0.1) is 18.4 Å². The predicted octanol–water partition coefficient (Wildman–Crippen LogP) is 1.19. The van der Waals surface area contributed by atoms with Gasteiger partial charge in [0.15, 0.2) is 5.76 Å². The van der Waals surface area contributed by atoms with E-state index >= 15 is 0 Å². The van der Waals surface area contributed by atoms with E-state index in [1.165, 1.54) is 19.1 Å². The molecule has 1 aliphatic heterocycles. The first-order chi connectivity index (χ1) is 12.6. The lowest BCUT2D eigenvalue weighted by molar-refractivity contribution is -0.125. The van der Waals surface area contributed by atoms with Crippen molar-refractivity contribution in [1.29, 1.82) is 0 Å². The Morgan fingerprint density at radius 2 is 2.08 bits per heavy atom. The monoisotopic (exact) mass is 363 g/mol. The molecule has 1 aliphatic carbocycles. The Labute approximate surface area is 153 Å². The number of carbonyl (C=O) groups excluding carboxylic acids is 2. The average molecular weight is 363 g/mol. The molecule has 0 radical (unpaired) electrons. The van der Waals surface area contributed by atoms with Gasteiger partial charge < -0.3 is 25.5 Å². The van der Waals surface area contributed by atoms with Crippen LogP contribution in [-0.4, -0.2) is 48.2 Å². The number of furan rings is 1. The molecule has 4 N–H and O–H groups in total. The van der Waals surface area contributed by atoms with Crippen molar-refractivity contribution in [2.24, 2.45) is 5.92 Å². The summed E-state index contributed by atoms with van der Waals surface area (Å²) in [4.78, 5) is 25.2. The Morgan fingerprint density at radius 3 is 2.81 bits per heavy atom. The second-order valence-corrected chi connectivity index (χ2v) is 7.42. The van der Waals surface area contributed by atoms with Crippen LogP contribution >= 0.6 is 0 Å². The van der Waals surface area contributed by atoms with Crippen molar-refractivity contribution in [2.75, 3.05) is 13.1 Å². The second kappa shape index (κ2) is 9.19. The molecular formula is C19H29N3O4. The first kappa shape index (κ1) is 18.9. The molecule has 2 aliphatic rings. The number of carbonyl (C=O) groups is 2. The van der Waals surface area contributed by atoms with Crippen LogP contribution in [0.15, 0.2) is 22.8 Å². The van der Waals surface area contributed by atoms with Gasteiger partial charge in [0.2, 0.25) is 5.91 Å². The minimum Gasteiger partial charge on any atom is -0.459 e. The molecule has 7 nitrogen and oxygen atoms in total. The molecule has 3 rings (SSSR count). The summed E-state index contributed by atoms with van der Waals surface area (Å²) in [6.07, 6.45) is 7.61. The number of amides is 2. The molecule has 2 heterocycles. The van der Waals surface area contributed by atoms with Gasteiger partial charge in [0, 0.05) is 6.54 Å². The number of hydrogen-bond acceptors (Lipinski definition) is 5. The zero-order chi connectivity index (χ0) is 18.4. The number of rotatable bonds is 6. The van der Waals surface area contributed by atoms with E-state index in [9.17, 15) is 14.7 Å². The van der Waals surface area contributed by atoms with Crippen LogP contribution in [0.4, 0.5) is 0 Å². The van der Waals surface area contributed by atoms with Gasteiger partial charge in [-0.15, -0.1) is 0 Å². The number of β-amino-alcohol motifs (C(OH)–C–C–N with tert-alkyl or cyclic N) is 1. The summed E-state index contributed by atoms with van der Waals surface area (Å²) in [5.74, 6) is 0.0512. The van der Waals surface area contributed by atoms with Crippen molar-refractivity contribution in [3.63, 3.8) is 0 Å². The van der Waals surface area contributed by atoms with Crippen molar-refractivity contribution < 1.29 is 19.1 Å². The maximum absolute atomic E-state index is 12.9. The number of aliphatic hydroxyl groups is 1. The molecule has 0 bridgehead atoms. The predicted molar refractivity (Wildman–Crippen MR) is 96.6 cm³/mol. The van der Waals surface area contributed by atoms with Gasteiger partial charge in [-0.05, 0) is 43.9 Å². The molecule has 144 valence electrons. The molecule has 3 atom stereocenters. The van der Waals surface area contributed by atoms with E-state index in [-0.39, 0.29) is 23.6 Å². The molecule has 1 saturated heterocycles. The molecular weight excluding hydrogens is 334 g/mol. The highest BCUT2D eigenvalue weighted by Crippen LogP contribution is 2.28. The summed E-state index contributed by atoms with van der Waals surface area (Å²) in [5, 5.41) is 19.2. The van der Waals surface area contributed by atoms with Gasteiger partial charge in [-0.1, -0.05) is 25.7 Å². The van der Waals surface area contributed by atoms with Gasteiger partial charge in [-0.2, -0.15) is 0 Å². The molecule has 2 fully saturated rings. The topological polar surface area (TPSA) is 104 Å². The highest BCUT2D eigenvalue weighted by molar-refractivity contribution is 5.95. The fourth-order valence-electron chi connectivity index (χ4n) is 3.93. The minimum absolute atomic E-state index is 0.202. The van der Waals surface area contributed by atoms with E-state index < -0.39 is 12.1 Å². The SMILES string of the molecule is O=C(NC(CC1CCCC1)C(=O)NC1CCCNC[C@@H]1O)c1ccco1. The van der Waals surface area contributed by atoms with E-state index in [1.54, 1.807) is 12.1 Å². The molecule has 2 unspecified atom stereocenters. The van der Waals surface area contributed by atoms with Crippen molar-refractivity contribution in [3.05, 3.63) is 24.2 Å². The fraction of sp³-hybridized carbons (Fsp3) is 0.684. The molecule has 0 spiro atoms. The van der Waals surface area contributed by atoms with Crippen LogP contribution < -0.4 is 16.0 Å². The Bertz CT molecular complexity index is 584. The fourth-order valence-corrected chi connectivity index (χ4v) is 3.93. The summed E-state index contributed by atoms with van der Waals surface area (Å²) in [5.41, 5.74) is 0. The zero-order valence-electron chi connectivity index (χ0n) is 15.1. The summed E-state index contributed by atoms with van der Waals surface area (Å²) in [7, 11) is 0. The second-order valence-electron chi connectivity index (χ2n) is 7.42. The molecule has 1 aromatic rings. The zero-order valence-corrected chi connectivity index (χ0v) is 15.1. The van der Waals surface area contributed by atoms with Gasteiger partial charge >= 0.3 is 0 Å². The summed E-state index contributed by atoms with van der Waals surface area (Å²) < 4.78 is 5.14. The van der Waals surface area contributed by atoms with Crippen LogP contribution in [0.1, 0.15) is 55.5 Å². The van der Waals surface area contributed by atoms with Crippen LogP contribution in [0.2, 0.25) is 0 Å². The summed E-state index contributed by atoms with van der Waals surface area (Å²) in [6, 6.07) is 2.33. The van der Waals surface area contributed by atoms with Crippen LogP contribution in [0.25, 0.3) is 0 Å². The third kappa shape index (κ3) is 5.08. The summed E-state index contributed by atoms with van der Waals surface area (Å²) in [6.45, 7) is 1.31. The van der Waals surface area contributed by atoms with Gasteiger partial charge in [0.1, 0.15) is 6.04 Å². The van der Waals surface area contributed by atoms with Crippen molar-refractivity contribution in [1.82, 2.24) is 16.0 Å². The maximum atomic E-state index is 12.9. The maximum Gasteiger partial charge on any atom is 0.287 e. The largest absolute Gasteiger partial charge is 0.459 e. The lowest BCUT2D eigenvalue weighted by Crippen LogP contribution is -2.53. The third-order valence-corrected chi connectivity index (χ3v) is 5.42. The molecule has 0 aromatic carbocycles. The molecule has 1 aromatic heterocycles. The summed E-state index contributed by atoms with van der Waals surface area (Å²) >= 11 is 0. The van der Waals surface area contributed by atoms with Crippen molar-refractivity contribution in [2.45, 2.75) is 63.1 Å². The van der Waals surface area contributed by atoms with Crippen LogP contribution in [0.3, 0.4) is 0 Å². The molecule has 1 saturated carbocycles. The van der Waals surface area contributed by atoms with E-state index in [4.69, 9.17) is 4.42 Å². The Morgan fingerprint density at radius 1 is 1.27 bits per heavy atom. The van der Waals surface area contributed by atoms with E-state index in [0.29, 0.717) is 18.9 Å². The lowest BCUT2D eigenvalue weighted by Gasteiger charge is -2.26. The van der Waals surface area contributed by atoms with Crippen LogP contribution in [0, 0.1) is 5.92 Å². The van der Waals surface area contributed by atoms with Crippen molar-refractivity contribution in [3.8, 4) is 0 Å². The Balaban J connectivity index is 1.64. The van der Waals surface area contributed by atoms with E-state index in [2.05, 4.69) is 16.0 Å². The highest BCUT2D eigenvalue weighted by Gasteiger charge is 2.30. The van der Waals surface area contributed by atoms with Gasteiger partial charge in [0.25, 0.3) is 5.91 Å². The van der Waals surface area contributed by atoms with Crippen LogP contribution in [-0.2, 0) is 4.79 Å². The highest BCUT2D eigenvalue weighted by atomic mass is 16.3. The van der Waals surface area contributed by atoms with Crippen molar-refractivity contribution >= 4 is 11.8 Å². The molecule has 2 amide bonds. The van der Waals surface area contributed by atoms with Crippen LogP contribution in [0.5, 0.6) is 0 Å². The number of nitrogens with one attached hydrogen (secondary N) is 3. The smallest absolute Gasteiger partial charge is 0.287 e. The first-order valence-corrected chi connectivity index (χ1v) is 9.67. The number of aliphatic hydroxyl groups excluding tert-OH is 1. The normalized spacial score (nSPS) is 25.4. The third-order valence-electron chi connectivity index (χ3n) is 5.42. The molecule has 26 heavy (non-hydrogen) atoms. The Hall–Kier alpha value is -1.86. The van der Waals surface area contributed by atoms with E-state index in [0.717, 1.165) is 32.2 Å². The lowest BCUT2D eigenvalue weighted by atomic mass is 9.97. The first-order valence-electron chi connectivity index (χ1n) is 9.67. The quantitative estimate of drug-likeness (QED) is 0.608. The Kier molecular flexibility index (Phi) is 6.68. The van der Waals surface area contributed by atoms with E-state index in [1.807, 2.05) is 0 Å².